The van der Waals surface area contributed by atoms with Gasteiger partial charge in [-0.25, -0.2) is 4.98 Å². The Balaban J connectivity index is 1.69. The van der Waals surface area contributed by atoms with Crippen molar-refractivity contribution in [2.75, 3.05) is 11.9 Å². The van der Waals surface area contributed by atoms with Gasteiger partial charge in [0, 0.05) is 19.3 Å². The van der Waals surface area contributed by atoms with Crippen molar-refractivity contribution in [1.82, 2.24) is 9.55 Å². The Morgan fingerprint density at radius 3 is 3.06 bits per heavy atom. The Morgan fingerprint density at radius 1 is 1.50 bits per heavy atom. The predicted molar refractivity (Wildman–Crippen MR) is 74.6 cm³/mol. The summed E-state index contributed by atoms with van der Waals surface area (Å²) in [6.45, 7) is 7.74. The summed E-state index contributed by atoms with van der Waals surface area (Å²) in [4.78, 5) is 4.56. The molecule has 2 fully saturated rings. The van der Waals surface area contributed by atoms with Crippen LogP contribution in [0, 0.1) is 24.7 Å². The molecule has 2 aliphatic rings. The Kier molecular flexibility index (Phi) is 3.14. The van der Waals surface area contributed by atoms with Gasteiger partial charge in [0.15, 0.2) is 0 Å². The molecule has 3 atom stereocenters. The zero-order chi connectivity index (χ0) is 12.5. The van der Waals surface area contributed by atoms with Crippen LogP contribution in [0.2, 0.25) is 0 Å². The topological polar surface area (TPSA) is 29.9 Å². The zero-order valence-corrected chi connectivity index (χ0v) is 11.2. The van der Waals surface area contributed by atoms with Crippen LogP contribution in [-0.4, -0.2) is 16.1 Å². The normalized spacial score (nSPS) is 29.7. The van der Waals surface area contributed by atoms with Gasteiger partial charge in [-0.1, -0.05) is 12.5 Å². The molecule has 1 aromatic rings. The van der Waals surface area contributed by atoms with Gasteiger partial charge in [0.2, 0.25) is 5.95 Å². The summed E-state index contributed by atoms with van der Waals surface area (Å²) in [5.74, 6) is 3.89. The van der Waals surface area contributed by atoms with E-state index in [0.717, 1.165) is 42.5 Å². The number of rotatable bonds is 5. The molecule has 18 heavy (non-hydrogen) atoms. The fourth-order valence-electron chi connectivity index (χ4n) is 3.84. The van der Waals surface area contributed by atoms with Crippen molar-refractivity contribution in [2.45, 2.75) is 39.2 Å². The summed E-state index contributed by atoms with van der Waals surface area (Å²) in [6, 6.07) is 0. The summed E-state index contributed by atoms with van der Waals surface area (Å²) in [7, 11) is 0. The molecule has 2 aliphatic carbocycles. The van der Waals surface area contributed by atoms with Crippen LogP contribution in [0.4, 0.5) is 5.95 Å². The first kappa shape index (κ1) is 11.8. The van der Waals surface area contributed by atoms with E-state index in [2.05, 4.69) is 34.6 Å². The number of anilines is 1. The molecule has 98 valence electrons. The van der Waals surface area contributed by atoms with Gasteiger partial charge in [-0.05, 0) is 43.9 Å². The molecule has 0 aromatic carbocycles. The lowest BCUT2D eigenvalue weighted by atomic mass is 9.89. The molecule has 3 unspecified atom stereocenters. The number of aromatic nitrogens is 2. The molecule has 1 heterocycles. The first-order valence-electron chi connectivity index (χ1n) is 7.15. The van der Waals surface area contributed by atoms with E-state index in [-0.39, 0.29) is 0 Å². The highest BCUT2D eigenvalue weighted by molar-refractivity contribution is 5.29. The summed E-state index contributed by atoms with van der Waals surface area (Å²) in [5.41, 5.74) is 1.10. The molecule has 0 saturated heterocycles. The Bertz CT molecular complexity index is 435. The third-order valence-corrected chi connectivity index (χ3v) is 4.62. The standard InChI is InChI=1S/C15H23N3/c1-3-6-16-15-17-11(2)9-18(15)10-14-8-12-4-5-13(14)7-12/h3,9,12-14H,1,4-8,10H2,2H3,(H,16,17). The van der Waals surface area contributed by atoms with Crippen LogP contribution in [0.25, 0.3) is 0 Å². The largest absolute Gasteiger partial charge is 0.352 e. The average molecular weight is 245 g/mol. The van der Waals surface area contributed by atoms with E-state index in [1.165, 1.54) is 25.7 Å². The molecule has 3 nitrogen and oxygen atoms in total. The van der Waals surface area contributed by atoms with Crippen molar-refractivity contribution in [2.24, 2.45) is 17.8 Å². The van der Waals surface area contributed by atoms with E-state index >= 15 is 0 Å². The molecule has 1 N–H and O–H groups in total. The van der Waals surface area contributed by atoms with Gasteiger partial charge in [0.05, 0.1) is 5.69 Å². The Labute approximate surface area is 109 Å². The lowest BCUT2D eigenvalue weighted by Gasteiger charge is -2.22. The lowest BCUT2D eigenvalue weighted by molar-refractivity contribution is 0.297. The SMILES string of the molecule is C=CCNc1nc(C)cn1CC1CC2CCC1C2. The molecule has 0 aliphatic heterocycles. The van der Waals surface area contributed by atoms with Crippen LogP contribution in [-0.2, 0) is 6.54 Å². The zero-order valence-electron chi connectivity index (χ0n) is 11.2. The van der Waals surface area contributed by atoms with E-state index < -0.39 is 0 Å². The smallest absolute Gasteiger partial charge is 0.203 e. The second-order valence-electron chi connectivity index (χ2n) is 5.96. The van der Waals surface area contributed by atoms with Gasteiger partial charge in [-0.2, -0.15) is 0 Å². The number of fused-ring (bicyclic) bond motifs is 2. The predicted octanol–water partition coefficient (Wildman–Crippen LogP) is 3.23. The quantitative estimate of drug-likeness (QED) is 0.807. The number of nitrogens with one attached hydrogen (secondary N) is 1. The van der Waals surface area contributed by atoms with Crippen LogP contribution < -0.4 is 5.32 Å². The molecule has 3 rings (SSSR count). The van der Waals surface area contributed by atoms with Gasteiger partial charge in [0.25, 0.3) is 0 Å². The van der Waals surface area contributed by atoms with Crippen LogP contribution >= 0.6 is 0 Å². The fraction of sp³-hybridized carbons (Fsp3) is 0.667. The third kappa shape index (κ3) is 2.18. The highest BCUT2D eigenvalue weighted by Gasteiger charge is 2.39. The van der Waals surface area contributed by atoms with E-state index in [0.29, 0.717) is 0 Å². The van der Waals surface area contributed by atoms with Gasteiger partial charge in [-0.3, -0.25) is 0 Å². The van der Waals surface area contributed by atoms with Crippen LogP contribution in [0.1, 0.15) is 31.4 Å². The summed E-state index contributed by atoms with van der Waals surface area (Å²) >= 11 is 0. The number of imidazole rings is 1. The Morgan fingerprint density at radius 2 is 2.39 bits per heavy atom. The van der Waals surface area contributed by atoms with Crippen molar-refractivity contribution in [1.29, 1.82) is 0 Å². The molecule has 1 aromatic heterocycles. The van der Waals surface area contributed by atoms with Gasteiger partial charge in [-0.15, -0.1) is 6.58 Å². The molecule has 0 radical (unpaired) electrons. The van der Waals surface area contributed by atoms with E-state index in [9.17, 15) is 0 Å². The monoisotopic (exact) mass is 245 g/mol. The summed E-state index contributed by atoms with van der Waals surface area (Å²) in [5, 5.41) is 3.34. The number of nitrogens with zero attached hydrogens (tertiary/aromatic N) is 2. The maximum Gasteiger partial charge on any atom is 0.203 e. The fourth-order valence-corrected chi connectivity index (χ4v) is 3.84. The van der Waals surface area contributed by atoms with E-state index in [4.69, 9.17) is 0 Å². The van der Waals surface area contributed by atoms with Crippen LogP contribution in [0.3, 0.4) is 0 Å². The first-order valence-corrected chi connectivity index (χ1v) is 7.15. The molecule has 0 amide bonds. The minimum Gasteiger partial charge on any atom is -0.352 e. The minimum absolute atomic E-state index is 0.785. The molecule has 2 bridgehead atoms. The highest BCUT2D eigenvalue weighted by atomic mass is 15.2. The molecular weight excluding hydrogens is 222 g/mol. The van der Waals surface area contributed by atoms with Crippen molar-refractivity contribution in [3.05, 3.63) is 24.5 Å². The number of hydrogen-bond acceptors (Lipinski definition) is 2. The summed E-state index contributed by atoms with van der Waals surface area (Å²) < 4.78 is 2.31. The van der Waals surface area contributed by atoms with E-state index in [1.54, 1.807) is 0 Å². The van der Waals surface area contributed by atoms with Gasteiger partial charge in [0.1, 0.15) is 0 Å². The maximum atomic E-state index is 4.56. The second-order valence-corrected chi connectivity index (χ2v) is 5.96. The number of hydrogen-bond donors (Lipinski definition) is 1. The molecular formula is C15H23N3. The molecule has 0 spiro atoms. The van der Waals surface area contributed by atoms with Gasteiger partial charge < -0.3 is 9.88 Å². The molecule has 2 saturated carbocycles. The van der Waals surface area contributed by atoms with Gasteiger partial charge >= 0.3 is 0 Å². The van der Waals surface area contributed by atoms with Crippen molar-refractivity contribution in [3.63, 3.8) is 0 Å². The second kappa shape index (κ2) is 4.79. The first-order chi connectivity index (χ1) is 8.76. The third-order valence-electron chi connectivity index (χ3n) is 4.62. The van der Waals surface area contributed by atoms with Crippen molar-refractivity contribution >= 4 is 5.95 Å². The summed E-state index contributed by atoms with van der Waals surface area (Å²) in [6.07, 6.45) is 9.91. The van der Waals surface area contributed by atoms with Crippen molar-refractivity contribution in [3.8, 4) is 0 Å². The minimum atomic E-state index is 0.785. The highest BCUT2D eigenvalue weighted by Crippen LogP contribution is 2.48. The number of aryl methyl sites for hydroxylation is 1. The average Bonchev–Trinajstić information content (AvgIpc) is 3.02. The van der Waals surface area contributed by atoms with Crippen molar-refractivity contribution < 1.29 is 0 Å². The van der Waals surface area contributed by atoms with Crippen LogP contribution in [0.15, 0.2) is 18.9 Å². The van der Waals surface area contributed by atoms with Crippen LogP contribution in [0.5, 0.6) is 0 Å². The Hall–Kier alpha value is -1.25. The lowest BCUT2D eigenvalue weighted by Crippen LogP contribution is -2.18. The van der Waals surface area contributed by atoms with E-state index in [1.807, 2.05) is 6.08 Å². The maximum absolute atomic E-state index is 4.56. The molecule has 3 heteroatoms.